The van der Waals surface area contributed by atoms with Crippen molar-refractivity contribution in [1.29, 1.82) is 0 Å². The predicted molar refractivity (Wildman–Crippen MR) is 101 cm³/mol. The van der Waals surface area contributed by atoms with Gasteiger partial charge in [-0.25, -0.2) is 0 Å². The molecule has 0 fully saturated rings. The maximum Gasteiger partial charge on any atom is 0.0957 e. The molecule has 0 atom stereocenters. The van der Waals surface area contributed by atoms with Crippen molar-refractivity contribution < 1.29 is 20.1 Å². The largest absolute Gasteiger partial charge is 0.371 e. The molecule has 135 valence electrons. The van der Waals surface area contributed by atoms with E-state index in [-0.39, 0.29) is 20.1 Å². The van der Waals surface area contributed by atoms with Crippen molar-refractivity contribution in [2.75, 3.05) is 0 Å². The minimum Gasteiger partial charge on any atom is -0.371 e. The first-order valence-corrected chi connectivity index (χ1v) is 8.42. The van der Waals surface area contributed by atoms with E-state index in [1.54, 1.807) is 0 Å². The van der Waals surface area contributed by atoms with Gasteiger partial charge in [-0.05, 0) is 44.3 Å². The van der Waals surface area contributed by atoms with Gasteiger partial charge in [-0.15, -0.1) is 23.8 Å². The van der Waals surface area contributed by atoms with Gasteiger partial charge in [-0.3, -0.25) is 9.97 Å². The van der Waals surface area contributed by atoms with Crippen molar-refractivity contribution in [2.24, 2.45) is 7.05 Å². The molecule has 0 bridgehead atoms. The van der Waals surface area contributed by atoms with E-state index in [0.717, 1.165) is 28.2 Å². The molecule has 0 aliphatic rings. The van der Waals surface area contributed by atoms with Crippen molar-refractivity contribution in [3.05, 3.63) is 65.2 Å². The molecule has 0 N–H and O–H groups in total. The van der Waals surface area contributed by atoms with Gasteiger partial charge in [0.2, 0.25) is 0 Å². The molecule has 2 aromatic heterocycles. The summed E-state index contributed by atoms with van der Waals surface area (Å²) in [5.74, 6) is 1.88. The van der Waals surface area contributed by atoms with Gasteiger partial charge in [0.05, 0.1) is 11.6 Å². The van der Waals surface area contributed by atoms with Crippen LogP contribution in [0, 0.1) is 33.8 Å². The quantitative estimate of drug-likeness (QED) is 0.365. The molecule has 0 spiro atoms. The van der Waals surface area contributed by atoms with E-state index in [0.29, 0.717) is 0 Å². The Kier molecular flexibility index (Phi) is 4.87. The molecule has 2 heterocycles. The molecule has 4 aromatic rings. The summed E-state index contributed by atoms with van der Waals surface area (Å²) in [7, 11) is 2.03. The second-order valence-electron chi connectivity index (χ2n) is 6.70. The Bertz CT molecular complexity index is 1080. The summed E-state index contributed by atoms with van der Waals surface area (Å²) in [5.41, 5.74) is 7.96. The molecule has 0 saturated carbocycles. The Morgan fingerprint density at radius 1 is 1.00 bits per heavy atom. The smallest absolute Gasteiger partial charge is 0.0957 e. The summed E-state index contributed by atoms with van der Waals surface area (Å²) in [6.45, 7) is 8.44. The van der Waals surface area contributed by atoms with Crippen molar-refractivity contribution in [2.45, 2.75) is 27.7 Å². The number of hydrogen-bond donors (Lipinski definition) is 0. The van der Waals surface area contributed by atoms with E-state index in [1.165, 1.54) is 22.4 Å². The van der Waals surface area contributed by atoms with Gasteiger partial charge in [0.1, 0.15) is 0 Å². The maximum atomic E-state index is 4.64. The van der Waals surface area contributed by atoms with Crippen LogP contribution in [0.15, 0.2) is 36.7 Å². The van der Waals surface area contributed by atoms with Gasteiger partial charge in [0.15, 0.2) is 0 Å². The van der Waals surface area contributed by atoms with Crippen LogP contribution >= 0.6 is 0 Å². The molecular formula is C21H21IrN4-. The van der Waals surface area contributed by atoms with Crippen LogP contribution in [-0.2, 0) is 27.2 Å². The van der Waals surface area contributed by atoms with Crippen LogP contribution in [0.3, 0.4) is 0 Å². The molecule has 4 rings (SSSR count). The zero-order valence-electron chi connectivity index (χ0n) is 15.6. The average Bonchev–Trinajstić information content (AvgIpc) is 3.12. The second-order valence-corrected chi connectivity index (χ2v) is 6.70. The molecule has 0 aliphatic heterocycles. The van der Waals surface area contributed by atoms with Crippen LogP contribution in [0.4, 0.5) is 0 Å². The van der Waals surface area contributed by atoms with Crippen molar-refractivity contribution in [3.8, 4) is 17.1 Å². The fourth-order valence-corrected chi connectivity index (χ4v) is 3.62. The van der Waals surface area contributed by atoms with Crippen LogP contribution in [0.5, 0.6) is 0 Å². The topological polar surface area (TPSA) is 35.6 Å². The first kappa shape index (κ1) is 18.6. The molecule has 0 aliphatic carbocycles. The van der Waals surface area contributed by atoms with E-state index in [1.807, 2.05) is 32.4 Å². The number of nitrogens with zero attached hydrogens (tertiary/aromatic N) is 4. The van der Waals surface area contributed by atoms with Gasteiger partial charge in [0.25, 0.3) is 0 Å². The molecular weight excluding hydrogens is 500 g/mol. The number of aryl methyl sites for hydroxylation is 5. The van der Waals surface area contributed by atoms with E-state index in [2.05, 4.69) is 64.1 Å². The fraction of sp³-hybridized carbons (Fsp3) is 0.238. The number of hydrogen-bond acceptors (Lipinski definition) is 2. The average molecular weight is 522 g/mol. The third-order valence-electron chi connectivity index (χ3n) is 4.79. The van der Waals surface area contributed by atoms with E-state index in [9.17, 15) is 0 Å². The van der Waals surface area contributed by atoms with E-state index in [4.69, 9.17) is 0 Å². The number of rotatable bonds is 2. The number of aromatic nitrogens is 4. The summed E-state index contributed by atoms with van der Waals surface area (Å²) in [5, 5.41) is 0. The van der Waals surface area contributed by atoms with Gasteiger partial charge in [0, 0.05) is 50.8 Å². The van der Waals surface area contributed by atoms with Crippen LogP contribution in [0.2, 0.25) is 0 Å². The molecule has 5 heteroatoms. The predicted octanol–water partition coefficient (Wildman–Crippen LogP) is 4.46. The molecule has 0 saturated heterocycles. The summed E-state index contributed by atoms with van der Waals surface area (Å²) in [6.07, 6.45) is 3.86. The van der Waals surface area contributed by atoms with Gasteiger partial charge in [-0.2, -0.15) is 0 Å². The van der Waals surface area contributed by atoms with Crippen LogP contribution < -0.4 is 0 Å². The second kappa shape index (κ2) is 6.82. The van der Waals surface area contributed by atoms with Gasteiger partial charge in [-0.1, -0.05) is 17.7 Å². The minimum atomic E-state index is 0. The summed E-state index contributed by atoms with van der Waals surface area (Å²) in [6, 6.07) is 11.9. The van der Waals surface area contributed by atoms with Crippen LogP contribution in [0.1, 0.15) is 22.5 Å². The minimum absolute atomic E-state index is 0. The third kappa shape index (κ3) is 2.91. The van der Waals surface area contributed by atoms with Gasteiger partial charge < -0.3 is 9.13 Å². The molecule has 4 nitrogen and oxygen atoms in total. The fourth-order valence-electron chi connectivity index (χ4n) is 3.62. The summed E-state index contributed by atoms with van der Waals surface area (Å²) < 4.78 is 4.23. The molecule has 0 amide bonds. The Morgan fingerprint density at radius 3 is 2.38 bits per heavy atom. The van der Waals surface area contributed by atoms with Crippen molar-refractivity contribution in [3.63, 3.8) is 0 Å². The SMILES string of the molecule is Cc1cc(C)c(-n2ccnc2-c2[c-]cc3c(c2)nc(C)n3C)c(C)c1.[Ir]. The Morgan fingerprint density at radius 2 is 1.69 bits per heavy atom. The van der Waals surface area contributed by atoms with Crippen molar-refractivity contribution in [1.82, 2.24) is 19.1 Å². The van der Waals surface area contributed by atoms with Crippen LogP contribution in [-0.4, -0.2) is 19.1 Å². The first-order chi connectivity index (χ1) is 12.0. The van der Waals surface area contributed by atoms with Crippen molar-refractivity contribution >= 4 is 11.0 Å². The van der Waals surface area contributed by atoms with Crippen LogP contribution in [0.25, 0.3) is 28.1 Å². The van der Waals surface area contributed by atoms with E-state index >= 15 is 0 Å². The third-order valence-corrected chi connectivity index (χ3v) is 4.79. The number of fused-ring (bicyclic) bond motifs is 1. The zero-order valence-corrected chi connectivity index (χ0v) is 18.0. The molecule has 26 heavy (non-hydrogen) atoms. The number of imidazole rings is 2. The monoisotopic (exact) mass is 522 g/mol. The molecule has 2 aromatic carbocycles. The van der Waals surface area contributed by atoms with Gasteiger partial charge >= 0.3 is 0 Å². The zero-order chi connectivity index (χ0) is 17.7. The molecule has 1 radical (unpaired) electrons. The Labute approximate surface area is 167 Å². The Hall–Kier alpha value is -2.23. The summed E-state index contributed by atoms with van der Waals surface area (Å²) >= 11 is 0. The van der Waals surface area contributed by atoms with E-state index < -0.39 is 0 Å². The molecule has 0 unspecified atom stereocenters. The summed E-state index contributed by atoms with van der Waals surface area (Å²) in [4.78, 5) is 9.24. The Balaban J connectivity index is 0.00000196. The number of benzene rings is 2. The normalized spacial score (nSPS) is 11.0. The first-order valence-electron chi connectivity index (χ1n) is 8.42. The standard InChI is InChI=1S/C21H21N4.Ir/c1-13-10-14(2)20(15(3)11-13)25-9-8-22-21(25)17-6-7-19-18(12-17)23-16(4)24(19)5;/h7-12H,1-5H3;/q-1;. The maximum absolute atomic E-state index is 4.64.